The second kappa shape index (κ2) is 15.7. The first-order chi connectivity index (χ1) is 18.9. The molecule has 7 N–H and O–H groups in total. The second-order valence-electron chi connectivity index (χ2n) is 10.4. The van der Waals surface area contributed by atoms with Gasteiger partial charge >= 0.3 is 17.6 Å². The van der Waals surface area contributed by atoms with E-state index < -0.39 is 64.6 Å². The normalized spacial score (nSPS) is 25.5. The number of aromatic amines is 1. The number of carboxylic acid groups (broad SMARTS) is 1. The molecular weight excluding hydrogens is 533 g/mol. The molecule has 1 aliphatic heterocycles. The van der Waals surface area contributed by atoms with Crippen molar-refractivity contribution in [3.8, 4) is 0 Å². The maximum absolute atomic E-state index is 15.1. The summed E-state index contributed by atoms with van der Waals surface area (Å²) in [4.78, 5) is 37.2. The second-order valence-corrected chi connectivity index (χ2v) is 10.4. The first-order valence-electron chi connectivity index (χ1n) is 14.1. The Morgan fingerprint density at radius 1 is 1.05 bits per heavy atom. The van der Waals surface area contributed by atoms with Crippen LogP contribution in [0, 0.1) is 0 Å². The Labute approximate surface area is 231 Å². The summed E-state index contributed by atoms with van der Waals surface area (Å²) in [6, 6.07) is 0. The molecule has 1 saturated heterocycles. The lowest BCUT2D eigenvalue weighted by Gasteiger charge is -2.43. The molecule has 0 amide bonds. The van der Waals surface area contributed by atoms with Gasteiger partial charge in [0, 0.05) is 6.20 Å². The van der Waals surface area contributed by atoms with Gasteiger partial charge in [0.1, 0.15) is 17.8 Å². The molecule has 2 heterocycles. The highest BCUT2D eigenvalue weighted by molar-refractivity contribution is 5.86. The molecule has 1 aromatic rings. The van der Waals surface area contributed by atoms with Crippen LogP contribution in [0.3, 0.4) is 0 Å². The van der Waals surface area contributed by atoms with Crippen LogP contribution in [-0.4, -0.2) is 82.2 Å². The molecule has 0 saturated carbocycles. The largest absolute Gasteiger partial charge is 0.477 e. The number of aliphatic hydroxyl groups is 4. The van der Waals surface area contributed by atoms with Gasteiger partial charge in [0.25, 0.3) is 5.56 Å². The highest BCUT2D eigenvalue weighted by Crippen LogP contribution is 2.44. The number of carboxylic acids is 1. The van der Waals surface area contributed by atoms with E-state index in [1.165, 1.54) is 44.9 Å². The van der Waals surface area contributed by atoms with Gasteiger partial charge in [0.15, 0.2) is 6.30 Å². The van der Waals surface area contributed by atoms with Crippen molar-refractivity contribution in [2.24, 2.45) is 0 Å². The highest BCUT2D eigenvalue weighted by Gasteiger charge is 2.71. The van der Waals surface area contributed by atoms with Crippen LogP contribution in [0.2, 0.25) is 0 Å². The Kier molecular flexibility index (Phi) is 13.4. The zero-order valence-electron chi connectivity index (χ0n) is 23.0. The maximum Gasteiger partial charge on any atom is 0.342 e. The summed E-state index contributed by atoms with van der Waals surface area (Å²) in [6.45, 7) is 1.15. The van der Waals surface area contributed by atoms with Crippen molar-refractivity contribution in [2.45, 2.75) is 127 Å². The van der Waals surface area contributed by atoms with Crippen molar-refractivity contribution in [2.75, 3.05) is 6.61 Å². The van der Waals surface area contributed by atoms with Crippen LogP contribution in [0.5, 0.6) is 0 Å². The van der Waals surface area contributed by atoms with E-state index in [2.05, 4.69) is 6.92 Å². The van der Waals surface area contributed by atoms with Crippen LogP contribution in [0.25, 0.3) is 0 Å². The molecule has 5 atom stereocenters. The number of ether oxygens (including phenoxy) is 1. The van der Waals surface area contributed by atoms with E-state index in [0.29, 0.717) is 12.6 Å². The summed E-state index contributed by atoms with van der Waals surface area (Å²) in [6.07, 6.45) is 7.06. The molecule has 13 nitrogen and oxygen atoms in total. The van der Waals surface area contributed by atoms with Crippen molar-refractivity contribution in [3.63, 3.8) is 0 Å². The van der Waals surface area contributed by atoms with Crippen LogP contribution in [0.4, 0.5) is 4.39 Å². The first-order valence-corrected chi connectivity index (χ1v) is 14.1. The van der Waals surface area contributed by atoms with Crippen LogP contribution in [-0.2, 0) is 10.6 Å². The van der Waals surface area contributed by atoms with Crippen LogP contribution >= 0.6 is 0 Å². The molecule has 1 fully saturated rings. The zero-order valence-corrected chi connectivity index (χ0v) is 23.0. The van der Waals surface area contributed by atoms with Crippen molar-refractivity contribution in [1.82, 2.24) is 14.6 Å². The number of rotatable bonds is 19. The molecule has 0 aromatic carbocycles. The number of carbonyl (C=O) groups is 1. The third-order valence-corrected chi connectivity index (χ3v) is 7.40. The van der Waals surface area contributed by atoms with E-state index in [4.69, 9.17) is 4.74 Å². The van der Waals surface area contributed by atoms with Crippen molar-refractivity contribution in [1.29, 1.82) is 0 Å². The Hall–Kier alpha value is -2.20. The third-order valence-electron chi connectivity index (χ3n) is 7.40. The number of hydroxylamine groups is 2. The fraction of sp³-hybridized carbons (Fsp3) is 0.808. The minimum atomic E-state index is -3.51. The smallest absolute Gasteiger partial charge is 0.342 e. The number of hydrogen-bond acceptors (Lipinski definition) is 10. The molecule has 40 heavy (non-hydrogen) atoms. The fourth-order valence-corrected chi connectivity index (χ4v) is 4.98. The number of nitrogens with zero attached hydrogens (tertiary/aromatic N) is 2. The van der Waals surface area contributed by atoms with Crippen molar-refractivity contribution in [3.05, 3.63) is 32.6 Å². The van der Waals surface area contributed by atoms with Crippen LogP contribution < -0.4 is 11.2 Å². The number of H-pyrrole nitrogens is 1. The van der Waals surface area contributed by atoms with E-state index in [1.807, 2.05) is 0 Å². The average molecular weight is 578 g/mol. The molecule has 1 unspecified atom stereocenters. The number of unbranched alkanes of at least 4 members (excludes halogenated alkanes) is 12. The molecule has 1 aromatic heterocycles. The van der Waals surface area contributed by atoms with Crippen molar-refractivity contribution >= 4 is 5.97 Å². The first kappa shape index (κ1) is 34.0. The van der Waals surface area contributed by atoms with Crippen molar-refractivity contribution < 1.29 is 44.7 Å². The fourth-order valence-electron chi connectivity index (χ4n) is 4.98. The summed E-state index contributed by atoms with van der Waals surface area (Å²) in [5.74, 6) is -5.33. The van der Waals surface area contributed by atoms with E-state index in [9.17, 15) is 45.1 Å². The van der Waals surface area contributed by atoms with Gasteiger partial charge in [0.05, 0.1) is 6.61 Å². The van der Waals surface area contributed by atoms with Gasteiger partial charge in [-0.3, -0.25) is 9.78 Å². The summed E-state index contributed by atoms with van der Waals surface area (Å²) in [7, 11) is 0. The topological polar surface area (TPSA) is 206 Å². The molecule has 0 radical (unpaired) electrons. The Morgan fingerprint density at radius 2 is 1.55 bits per heavy atom. The maximum atomic E-state index is 15.1. The molecule has 0 spiro atoms. The minimum absolute atomic E-state index is 0.00210. The number of aliphatic hydroxyl groups excluding tert-OH is 2. The molecule has 2 rings (SSSR count). The molecule has 0 aliphatic carbocycles. The Bertz CT molecular complexity index is 1050. The summed E-state index contributed by atoms with van der Waals surface area (Å²) in [5, 5.41) is 61.8. The highest BCUT2D eigenvalue weighted by atomic mass is 19.1. The standard InChI is InChI=1S/C26H44FN3O10/c1-2-3-4-5-6-7-8-9-10-11-12-13-14-15-20(27)30(39)25(37)21(32)19(17-31)40-26(25,38)29-16-18(23(34)35)22(33)28-24(29)36/h16,19-21,31-32,37-39H,2-15,17H2,1H3,(H,34,35)(H,28,33,36)/t19-,20?,21-,25-,26-/m1/s1. The predicted octanol–water partition coefficient (Wildman–Crippen LogP) is 1.75. The lowest BCUT2D eigenvalue weighted by molar-refractivity contribution is -0.428. The van der Waals surface area contributed by atoms with Gasteiger partial charge in [-0.05, 0) is 12.8 Å². The van der Waals surface area contributed by atoms with Gasteiger partial charge in [0.2, 0.25) is 5.72 Å². The van der Waals surface area contributed by atoms with Crippen LogP contribution in [0.15, 0.2) is 15.8 Å². The predicted molar refractivity (Wildman–Crippen MR) is 140 cm³/mol. The molecule has 230 valence electrons. The van der Waals surface area contributed by atoms with E-state index in [1.54, 1.807) is 4.98 Å². The molecule has 0 bridgehead atoms. The Balaban J connectivity index is 1.97. The molecular formula is C26H44FN3O10. The van der Waals surface area contributed by atoms with Gasteiger partial charge < -0.3 is 35.5 Å². The number of aromatic carboxylic acids is 1. The van der Waals surface area contributed by atoms with Gasteiger partial charge in [-0.25, -0.2) is 18.5 Å². The van der Waals surface area contributed by atoms with E-state index in [-0.39, 0.29) is 17.4 Å². The van der Waals surface area contributed by atoms with Gasteiger partial charge in [-0.2, -0.15) is 0 Å². The van der Waals surface area contributed by atoms with Gasteiger partial charge in [-0.1, -0.05) is 84.0 Å². The van der Waals surface area contributed by atoms with Crippen LogP contribution in [0.1, 0.15) is 107 Å². The minimum Gasteiger partial charge on any atom is -0.477 e. The Morgan fingerprint density at radius 3 is 2.02 bits per heavy atom. The average Bonchev–Trinajstić information content (AvgIpc) is 3.12. The third kappa shape index (κ3) is 7.75. The quantitative estimate of drug-likeness (QED) is 0.0546. The number of nitrogens with one attached hydrogen (secondary N) is 1. The van der Waals surface area contributed by atoms with E-state index >= 15 is 4.39 Å². The summed E-state index contributed by atoms with van der Waals surface area (Å²) in [5.41, 5.74) is -7.39. The number of hydrogen-bond donors (Lipinski definition) is 7. The number of alkyl halides is 1. The monoisotopic (exact) mass is 577 g/mol. The lowest BCUT2D eigenvalue weighted by Crippen LogP contribution is -2.70. The number of halogens is 1. The SMILES string of the molecule is CCCCCCCCCCCCCCCC(F)N(O)[C@@]1(O)[C@H](O)[C@@H](CO)O[C@@]1(O)n1cc(C(=O)O)c(=O)[nH]c1=O. The molecule has 14 heteroatoms. The summed E-state index contributed by atoms with van der Waals surface area (Å²) < 4.78 is 20.1. The van der Waals surface area contributed by atoms with Gasteiger partial charge in [-0.15, -0.1) is 5.06 Å². The lowest BCUT2D eigenvalue weighted by atomic mass is 9.99. The summed E-state index contributed by atoms with van der Waals surface area (Å²) >= 11 is 0. The zero-order chi connectivity index (χ0) is 29.9. The molecule has 1 aliphatic rings. The number of aromatic nitrogens is 2. The van der Waals surface area contributed by atoms with E-state index in [0.717, 1.165) is 25.7 Å².